The average molecular weight is 263 g/mol. The van der Waals surface area contributed by atoms with E-state index in [2.05, 4.69) is 16.9 Å². The minimum absolute atomic E-state index is 0.178. The molecular weight excluding hydrogens is 252 g/mol. The van der Waals surface area contributed by atoms with E-state index in [0.29, 0.717) is 16.8 Å². The molecule has 0 atom stereocenters. The van der Waals surface area contributed by atoms with Crippen molar-refractivity contribution in [2.45, 2.75) is 0 Å². The van der Waals surface area contributed by atoms with E-state index in [9.17, 15) is 4.79 Å². The van der Waals surface area contributed by atoms with Crippen molar-refractivity contribution < 1.29 is 9.90 Å². The van der Waals surface area contributed by atoms with Gasteiger partial charge in [-0.2, -0.15) is 0 Å². The van der Waals surface area contributed by atoms with Crippen molar-refractivity contribution in [2.24, 2.45) is 0 Å². The molecule has 2 aromatic carbocycles. The summed E-state index contributed by atoms with van der Waals surface area (Å²) < 4.78 is 0. The lowest BCUT2D eigenvalue weighted by molar-refractivity contribution is 0.0696. The zero-order chi connectivity index (χ0) is 14.1. The largest absolute Gasteiger partial charge is 0.478 e. The van der Waals surface area contributed by atoms with Gasteiger partial charge in [-0.3, -0.25) is 4.98 Å². The molecule has 0 aliphatic rings. The number of carboxylic acids is 1. The van der Waals surface area contributed by atoms with Crippen LogP contribution in [0.2, 0.25) is 0 Å². The number of fused-ring (bicyclic) bond motifs is 1. The number of benzene rings is 2. The summed E-state index contributed by atoms with van der Waals surface area (Å²) in [5.74, 6) is -0.995. The van der Waals surface area contributed by atoms with E-state index in [4.69, 9.17) is 5.11 Å². The summed E-state index contributed by atoms with van der Waals surface area (Å²) in [6.07, 6.45) is 1.64. The maximum Gasteiger partial charge on any atom is 0.335 e. The number of hydrogen-bond donors (Lipinski definition) is 1. The Hall–Kier alpha value is -2.75. The quantitative estimate of drug-likeness (QED) is 0.771. The second kappa shape index (κ2) is 4.74. The molecule has 0 aliphatic heterocycles. The predicted molar refractivity (Wildman–Crippen MR) is 76.4 cm³/mol. The number of carboxylic acid groups (broad SMARTS) is 1. The molecule has 4 heteroatoms. The van der Waals surface area contributed by atoms with Gasteiger partial charge in [0.15, 0.2) is 0 Å². The van der Waals surface area contributed by atoms with Gasteiger partial charge in [0.2, 0.25) is 0 Å². The molecule has 20 heavy (non-hydrogen) atoms. The van der Waals surface area contributed by atoms with Gasteiger partial charge in [-0.05, 0) is 30.7 Å². The molecule has 0 unspecified atom stereocenters. The van der Waals surface area contributed by atoms with Crippen LogP contribution in [0, 0.1) is 6.92 Å². The first kappa shape index (κ1) is 12.3. The van der Waals surface area contributed by atoms with E-state index >= 15 is 0 Å². The first-order valence-electron chi connectivity index (χ1n) is 6.06. The Kier molecular flexibility index (Phi) is 2.91. The van der Waals surface area contributed by atoms with Gasteiger partial charge in [0.05, 0.1) is 28.5 Å². The van der Waals surface area contributed by atoms with Gasteiger partial charge in [-0.25, -0.2) is 9.78 Å². The average Bonchev–Trinajstić information content (AvgIpc) is 2.47. The van der Waals surface area contributed by atoms with Gasteiger partial charge >= 0.3 is 5.97 Å². The van der Waals surface area contributed by atoms with Crippen molar-refractivity contribution in [1.82, 2.24) is 9.97 Å². The molecule has 3 rings (SSSR count). The number of nitrogens with zero attached hydrogens (tertiary/aromatic N) is 2. The molecule has 0 saturated carbocycles. The fourth-order valence-corrected chi connectivity index (χ4v) is 2.03. The third kappa shape index (κ3) is 2.12. The standard InChI is InChI=1S/C16H11N2O2/c1-10-6-7-11(8-12(10)16(19)20)15-9-17-13-4-2-3-5-14(13)18-15/h2-9H,1H2,(H,19,20). The van der Waals surface area contributed by atoms with Crippen LogP contribution in [-0.4, -0.2) is 21.0 Å². The molecule has 0 saturated heterocycles. The van der Waals surface area contributed by atoms with Crippen LogP contribution in [0.3, 0.4) is 0 Å². The van der Waals surface area contributed by atoms with Gasteiger partial charge in [0.25, 0.3) is 0 Å². The summed E-state index contributed by atoms with van der Waals surface area (Å²) in [5.41, 5.74) is 3.61. The van der Waals surface area contributed by atoms with Crippen LogP contribution in [0.4, 0.5) is 0 Å². The Balaban J connectivity index is 2.15. The minimum atomic E-state index is -0.995. The molecular formula is C16H11N2O2. The van der Waals surface area contributed by atoms with Gasteiger partial charge in [-0.15, -0.1) is 0 Å². The zero-order valence-corrected chi connectivity index (χ0v) is 10.6. The SMILES string of the molecule is [CH2]c1ccc(-c2cnc3ccccc3n2)cc1C(=O)O. The Morgan fingerprint density at radius 1 is 1.10 bits per heavy atom. The maximum atomic E-state index is 11.1. The van der Waals surface area contributed by atoms with Crippen LogP contribution in [0.5, 0.6) is 0 Å². The van der Waals surface area contributed by atoms with Crippen molar-refractivity contribution in [3.05, 3.63) is 66.7 Å². The highest BCUT2D eigenvalue weighted by atomic mass is 16.4. The summed E-state index contributed by atoms with van der Waals surface area (Å²) >= 11 is 0. The number of rotatable bonds is 2. The third-order valence-corrected chi connectivity index (χ3v) is 3.08. The summed E-state index contributed by atoms with van der Waals surface area (Å²) in [4.78, 5) is 20.0. The monoisotopic (exact) mass is 263 g/mol. The predicted octanol–water partition coefficient (Wildman–Crippen LogP) is 3.18. The Bertz CT molecular complexity index is 812. The molecule has 0 amide bonds. The van der Waals surface area contributed by atoms with Crippen molar-refractivity contribution in [1.29, 1.82) is 0 Å². The van der Waals surface area contributed by atoms with Crippen LogP contribution in [0.1, 0.15) is 15.9 Å². The summed E-state index contributed by atoms with van der Waals surface area (Å²) in [5, 5.41) is 9.13. The highest BCUT2D eigenvalue weighted by molar-refractivity contribution is 5.91. The first-order chi connectivity index (χ1) is 9.65. The molecule has 3 aromatic rings. The molecule has 1 radical (unpaired) electrons. The topological polar surface area (TPSA) is 63.1 Å². The van der Waals surface area contributed by atoms with E-state index in [1.807, 2.05) is 24.3 Å². The van der Waals surface area contributed by atoms with Gasteiger partial charge < -0.3 is 5.11 Å². The molecule has 97 valence electrons. The number of aromatic nitrogens is 2. The maximum absolute atomic E-state index is 11.1. The second-order valence-corrected chi connectivity index (χ2v) is 4.42. The van der Waals surface area contributed by atoms with Crippen LogP contribution < -0.4 is 0 Å². The van der Waals surface area contributed by atoms with E-state index < -0.39 is 5.97 Å². The van der Waals surface area contributed by atoms with Gasteiger partial charge in [0.1, 0.15) is 0 Å². The van der Waals surface area contributed by atoms with Crippen molar-refractivity contribution in [3.8, 4) is 11.3 Å². The van der Waals surface area contributed by atoms with Crippen LogP contribution >= 0.6 is 0 Å². The molecule has 1 aromatic heterocycles. The first-order valence-corrected chi connectivity index (χ1v) is 6.06. The van der Waals surface area contributed by atoms with Crippen molar-refractivity contribution in [3.63, 3.8) is 0 Å². The molecule has 0 fully saturated rings. The van der Waals surface area contributed by atoms with E-state index in [1.165, 1.54) is 0 Å². The van der Waals surface area contributed by atoms with E-state index in [0.717, 1.165) is 11.0 Å². The molecule has 1 heterocycles. The van der Waals surface area contributed by atoms with E-state index in [1.54, 1.807) is 24.4 Å². The molecule has 4 nitrogen and oxygen atoms in total. The number of para-hydroxylation sites is 2. The fourth-order valence-electron chi connectivity index (χ4n) is 2.03. The zero-order valence-electron chi connectivity index (χ0n) is 10.6. The smallest absolute Gasteiger partial charge is 0.335 e. The summed E-state index contributed by atoms with van der Waals surface area (Å²) in [6, 6.07) is 12.6. The number of aromatic carboxylic acids is 1. The lowest BCUT2D eigenvalue weighted by atomic mass is 10.0. The second-order valence-electron chi connectivity index (χ2n) is 4.42. The molecule has 0 spiro atoms. The molecule has 0 aliphatic carbocycles. The molecule has 0 bridgehead atoms. The fraction of sp³-hybridized carbons (Fsp3) is 0. The lowest BCUT2D eigenvalue weighted by Gasteiger charge is -2.06. The lowest BCUT2D eigenvalue weighted by Crippen LogP contribution is -2.00. The van der Waals surface area contributed by atoms with Crippen LogP contribution in [-0.2, 0) is 0 Å². The third-order valence-electron chi connectivity index (χ3n) is 3.08. The normalized spacial score (nSPS) is 10.7. The van der Waals surface area contributed by atoms with Crippen LogP contribution in [0.25, 0.3) is 22.3 Å². The van der Waals surface area contributed by atoms with Gasteiger partial charge in [-0.1, -0.05) is 24.3 Å². The van der Waals surface area contributed by atoms with Crippen LogP contribution in [0.15, 0.2) is 48.7 Å². The van der Waals surface area contributed by atoms with Gasteiger partial charge in [0, 0.05) is 5.56 Å². The van der Waals surface area contributed by atoms with E-state index in [-0.39, 0.29) is 5.56 Å². The Labute approximate surface area is 115 Å². The number of hydrogen-bond acceptors (Lipinski definition) is 3. The molecule has 1 N–H and O–H groups in total. The highest BCUT2D eigenvalue weighted by Gasteiger charge is 2.10. The summed E-state index contributed by atoms with van der Waals surface area (Å²) in [7, 11) is 0. The Morgan fingerprint density at radius 3 is 2.60 bits per heavy atom. The Morgan fingerprint density at radius 2 is 1.85 bits per heavy atom. The van der Waals surface area contributed by atoms with Crippen molar-refractivity contribution >= 4 is 17.0 Å². The highest BCUT2D eigenvalue weighted by Crippen LogP contribution is 2.22. The summed E-state index contributed by atoms with van der Waals surface area (Å²) in [6.45, 7) is 3.71. The van der Waals surface area contributed by atoms with Crippen molar-refractivity contribution in [2.75, 3.05) is 0 Å². The number of carbonyl (C=O) groups is 1. The minimum Gasteiger partial charge on any atom is -0.478 e.